The van der Waals surface area contributed by atoms with Gasteiger partial charge in [-0.1, -0.05) is 0 Å². The van der Waals surface area contributed by atoms with Gasteiger partial charge in [-0.3, -0.25) is 4.68 Å². The first-order valence-electron chi connectivity index (χ1n) is 6.24. The molecule has 0 aliphatic rings. The van der Waals surface area contributed by atoms with E-state index in [-0.39, 0.29) is 25.5 Å². The second kappa shape index (κ2) is 7.10. The number of nitrogens with one attached hydrogen (secondary N) is 1. The number of aromatic nitrogens is 4. The molecule has 0 aliphatic carbocycles. The van der Waals surface area contributed by atoms with E-state index in [1.165, 1.54) is 19.3 Å². The zero-order valence-corrected chi connectivity index (χ0v) is 12.8. The SMILES string of the molecule is Cc1nn(C)c(F)c1CNCc1ccnn1CC(F)(F)F.Cl. The molecule has 0 bridgehead atoms. The highest BCUT2D eigenvalue weighted by Crippen LogP contribution is 2.18. The predicted molar refractivity (Wildman–Crippen MR) is 74.0 cm³/mol. The first-order chi connectivity index (χ1) is 9.78. The van der Waals surface area contributed by atoms with Crippen LogP contribution in [0.2, 0.25) is 0 Å². The van der Waals surface area contributed by atoms with Crippen molar-refractivity contribution in [2.45, 2.75) is 32.7 Å². The summed E-state index contributed by atoms with van der Waals surface area (Å²) in [6, 6.07) is 1.49. The summed E-state index contributed by atoms with van der Waals surface area (Å²) in [7, 11) is 1.49. The summed E-state index contributed by atoms with van der Waals surface area (Å²) in [5, 5.41) is 10.5. The topological polar surface area (TPSA) is 47.7 Å². The summed E-state index contributed by atoms with van der Waals surface area (Å²) in [6.07, 6.45) is -3.02. The van der Waals surface area contributed by atoms with Crippen molar-refractivity contribution in [1.29, 1.82) is 0 Å². The Morgan fingerprint density at radius 2 is 1.95 bits per heavy atom. The highest BCUT2D eigenvalue weighted by Gasteiger charge is 2.29. The molecule has 0 spiro atoms. The molecule has 2 aromatic rings. The molecule has 22 heavy (non-hydrogen) atoms. The van der Waals surface area contributed by atoms with Gasteiger partial charge >= 0.3 is 6.18 Å². The Kier molecular flexibility index (Phi) is 5.95. The molecule has 0 fully saturated rings. The minimum absolute atomic E-state index is 0. The molecule has 0 amide bonds. The van der Waals surface area contributed by atoms with E-state index in [0.29, 0.717) is 17.0 Å². The predicted octanol–water partition coefficient (Wildman–Crippen LogP) is 2.34. The monoisotopic (exact) mass is 341 g/mol. The van der Waals surface area contributed by atoms with Crippen molar-refractivity contribution in [3.05, 3.63) is 35.2 Å². The van der Waals surface area contributed by atoms with Crippen molar-refractivity contribution in [3.63, 3.8) is 0 Å². The van der Waals surface area contributed by atoms with Crippen LogP contribution in [0.25, 0.3) is 0 Å². The van der Waals surface area contributed by atoms with E-state index in [1.54, 1.807) is 6.92 Å². The molecule has 10 heteroatoms. The molecule has 124 valence electrons. The summed E-state index contributed by atoms with van der Waals surface area (Å²) in [6.45, 7) is 0.873. The van der Waals surface area contributed by atoms with E-state index < -0.39 is 18.7 Å². The fraction of sp³-hybridized carbons (Fsp3) is 0.500. The van der Waals surface area contributed by atoms with Gasteiger partial charge in [-0.05, 0) is 13.0 Å². The second-order valence-corrected chi connectivity index (χ2v) is 4.68. The van der Waals surface area contributed by atoms with Gasteiger partial charge in [-0.2, -0.15) is 27.8 Å². The normalized spacial score (nSPS) is 11.5. The van der Waals surface area contributed by atoms with E-state index >= 15 is 0 Å². The van der Waals surface area contributed by atoms with E-state index in [9.17, 15) is 17.6 Å². The third-order valence-electron chi connectivity index (χ3n) is 3.01. The molecule has 0 radical (unpaired) electrons. The van der Waals surface area contributed by atoms with Crippen LogP contribution < -0.4 is 5.32 Å². The van der Waals surface area contributed by atoms with Gasteiger partial charge in [-0.15, -0.1) is 12.4 Å². The summed E-state index contributed by atoms with van der Waals surface area (Å²) < 4.78 is 52.7. The van der Waals surface area contributed by atoms with Crippen LogP contribution in [0.5, 0.6) is 0 Å². The molecule has 0 aromatic carbocycles. The van der Waals surface area contributed by atoms with Crippen molar-refractivity contribution < 1.29 is 17.6 Å². The maximum atomic E-state index is 13.7. The van der Waals surface area contributed by atoms with Crippen molar-refractivity contribution in [3.8, 4) is 0 Å². The molecule has 2 heterocycles. The van der Waals surface area contributed by atoms with E-state index in [2.05, 4.69) is 15.5 Å². The van der Waals surface area contributed by atoms with Crippen LogP contribution in [0.3, 0.4) is 0 Å². The van der Waals surface area contributed by atoms with Crippen molar-refractivity contribution >= 4 is 12.4 Å². The molecule has 0 saturated heterocycles. The molecule has 0 unspecified atom stereocenters. The molecule has 5 nitrogen and oxygen atoms in total. The molecule has 2 rings (SSSR count). The first kappa shape index (κ1) is 18.4. The summed E-state index contributed by atoms with van der Waals surface area (Å²) >= 11 is 0. The van der Waals surface area contributed by atoms with Gasteiger partial charge in [0.2, 0.25) is 5.95 Å². The minimum atomic E-state index is -4.33. The lowest BCUT2D eigenvalue weighted by Crippen LogP contribution is -2.23. The number of rotatable bonds is 5. The van der Waals surface area contributed by atoms with Gasteiger partial charge in [0.25, 0.3) is 0 Å². The molecular weight excluding hydrogens is 326 g/mol. The average Bonchev–Trinajstić information content (AvgIpc) is 2.87. The van der Waals surface area contributed by atoms with Crippen molar-refractivity contribution in [1.82, 2.24) is 24.9 Å². The number of aryl methyl sites for hydroxylation is 2. The van der Waals surface area contributed by atoms with Crippen molar-refractivity contribution in [2.75, 3.05) is 0 Å². The Morgan fingerprint density at radius 3 is 2.50 bits per heavy atom. The van der Waals surface area contributed by atoms with E-state index in [4.69, 9.17) is 0 Å². The smallest absolute Gasteiger partial charge is 0.307 e. The van der Waals surface area contributed by atoms with Gasteiger partial charge in [0.05, 0.1) is 11.4 Å². The van der Waals surface area contributed by atoms with Crippen molar-refractivity contribution in [2.24, 2.45) is 7.05 Å². The first-order valence-corrected chi connectivity index (χ1v) is 6.24. The van der Waals surface area contributed by atoms with Crippen LogP contribution in [0, 0.1) is 12.9 Å². The molecule has 0 saturated carbocycles. The number of halogens is 5. The standard InChI is InChI=1S/C12H15F4N5.ClH/c1-8-10(11(13)20(2)19-8)6-17-5-9-3-4-18-21(9)7-12(14,15)16;/h3-4,17H,5-7H2,1-2H3;1H. The summed E-state index contributed by atoms with van der Waals surface area (Å²) in [5.41, 5.74) is 1.33. The fourth-order valence-electron chi connectivity index (χ4n) is 2.01. The van der Waals surface area contributed by atoms with Crippen LogP contribution in [-0.4, -0.2) is 25.7 Å². The molecule has 2 aromatic heterocycles. The number of nitrogens with zero attached hydrogens (tertiary/aromatic N) is 4. The lowest BCUT2D eigenvalue weighted by molar-refractivity contribution is -0.143. The van der Waals surface area contributed by atoms with Crippen LogP contribution in [0.4, 0.5) is 17.6 Å². The Hall–Kier alpha value is -1.61. The quantitative estimate of drug-likeness (QED) is 0.849. The molecule has 0 aliphatic heterocycles. The summed E-state index contributed by atoms with van der Waals surface area (Å²) in [4.78, 5) is 0. The largest absolute Gasteiger partial charge is 0.408 e. The van der Waals surface area contributed by atoms with Gasteiger partial charge < -0.3 is 5.32 Å². The van der Waals surface area contributed by atoms with Gasteiger partial charge in [0.1, 0.15) is 6.54 Å². The molecule has 0 atom stereocenters. The lowest BCUT2D eigenvalue weighted by atomic mass is 10.2. The Labute approximate surface area is 130 Å². The van der Waals surface area contributed by atoms with Gasteiger partial charge in [0.15, 0.2) is 0 Å². The Balaban J connectivity index is 0.00000242. The number of hydrogen-bond donors (Lipinski definition) is 1. The molecule has 1 N–H and O–H groups in total. The highest BCUT2D eigenvalue weighted by atomic mass is 35.5. The third-order valence-corrected chi connectivity index (χ3v) is 3.01. The Morgan fingerprint density at radius 1 is 1.27 bits per heavy atom. The zero-order valence-electron chi connectivity index (χ0n) is 12.0. The van der Waals surface area contributed by atoms with Gasteiger partial charge in [0, 0.05) is 31.9 Å². The van der Waals surface area contributed by atoms with Crippen LogP contribution in [0.15, 0.2) is 12.3 Å². The summed E-state index contributed by atoms with van der Waals surface area (Å²) in [5.74, 6) is -0.455. The minimum Gasteiger partial charge on any atom is -0.307 e. The van der Waals surface area contributed by atoms with Crippen LogP contribution >= 0.6 is 12.4 Å². The third kappa shape index (κ3) is 4.44. The average molecular weight is 342 g/mol. The van der Waals surface area contributed by atoms with E-state index in [1.807, 2.05) is 0 Å². The second-order valence-electron chi connectivity index (χ2n) is 4.68. The molecular formula is C12H16ClF4N5. The zero-order chi connectivity index (χ0) is 15.6. The van der Waals surface area contributed by atoms with Gasteiger partial charge in [-0.25, -0.2) is 4.68 Å². The fourth-order valence-corrected chi connectivity index (χ4v) is 2.01. The maximum absolute atomic E-state index is 13.7. The number of hydrogen-bond acceptors (Lipinski definition) is 3. The highest BCUT2D eigenvalue weighted by molar-refractivity contribution is 5.85. The van der Waals surface area contributed by atoms with E-state index in [0.717, 1.165) is 9.36 Å². The van der Waals surface area contributed by atoms with Crippen LogP contribution in [0.1, 0.15) is 17.0 Å². The maximum Gasteiger partial charge on any atom is 0.408 e. The number of alkyl halides is 3. The lowest BCUT2D eigenvalue weighted by Gasteiger charge is -2.10. The van der Waals surface area contributed by atoms with Crippen LogP contribution in [-0.2, 0) is 26.7 Å². The Bertz CT molecular complexity index is 620.